The first kappa shape index (κ1) is 14.8. The molecule has 1 aromatic carbocycles. The average Bonchev–Trinajstić information content (AvgIpc) is 2.96. The number of benzene rings is 1. The molecule has 22 heavy (non-hydrogen) atoms. The van der Waals surface area contributed by atoms with Gasteiger partial charge in [0.15, 0.2) is 0 Å². The fourth-order valence-electron chi connectivity index (χ4n) is 3.15. The minimum atomic E-state index is 0.0657. The number of hydrogen-bond donors (Lipinski definition) is 1. The molecule has 0 aliphatic carbocycles. The molecule has 2 atom stereocenters. The highest BCUT2D eigenvalue weighted by Gasteiger charge is 2.27. The van der Waals surface area contributed by atoms with E-state index in [1.165, 1.54) is 12.8 Å². The van der Waals surface area contributed by atoms with Gasteiger partial charge in [0, 0.05) is 18.2 Å². The maximum atomic E-state index is 12.8. The van der Waals surface area contributed by atoms with Crippen molar-refractivity contribution in [3.8, 4) is 11.3 Å². The first-order chi connectivity index (χ1) is 10.6. The Labute approximate surface area is 131 Å². The number of nitrogens with zero attached hydrogens (tertiary/aromatic N) is 2. The molecule has 1 N–H and O–H groups in total. The van der Waals surface area contributed by atoms with E-state index in [1.807, 2.05) is 41.3 Å². The van der Waals surface area contributed by atoms with Crippen molar-refractivity contribution in [3.63, 3.8) is 0 Å². The molecular formula is C18H23N3O. The Morgan fingerprint density at radius 1 is 1.23 bits per heavy atom. The number of rotatable bonds is 2. The van der Waals surface area contributed by atoms with Crippen LogP contribution in [0.5, 0.6) is 0 Å². The van der Waals surface area contributed by atoms with Crippen LogP contribution in [0.2, 0.25) is 0 Å². The van der Waals surface area contributed by atoms with Crippen LogP contribution in [0, 0.1) is 5.92 Å². The van der Waals surface area contributed by atoms with Crippen LogP contribution >= 0.6 is 0 Å². The van der Waals surface area contributed by atoms with E-state index in [2.05, 4.69) is 24.0 Å². The Bertz CT molecular complexity index is 635. The maximum Gasteiger partial charge on any atom is 0.272 e. The first-order valence-electron chi connectivity index (χ1n) is 8.07. The number of carbonyl (C=O) groups is 1. The van der Waals surface area contributed by atoms with Gasteiger partial charge in [-0.15, -0.1) is 0 Å². The van der Waals surface area contributed by atoms with Gasteiger partial charge in [-0.2, -0.15) is 5.10 Å². The zero-order valence-corrected chi connectivity index (χ0v) is 13.2. The first-order valence-corrected chi connectivity index (χ1v) is 8.07. The molecule has 0 saturated carbocycles. The molecule has 116 valence electrons. The normalized spacial score (nSPS) is 22.4. The van der Waals surface area contributed by atoms with E-state index in [0.29, 0.717) is 17.7 Å². The second-order valence-electron chi connectivity index (χ2n) is 6.38. The Morgan fingerprint density at radius 2 is 2.00 bits per heavy atom. The number of carbonyl (C=O) groups excluding carboxylic acids is 1. The molecule has 0 radical (unpaired) electrons. The molecule has 2 heterocycles. The molecule has 0 bridgehead atoms. The van der Waals surface area contributed by atoms with Crippen LogP contribution in [0.25, 0.3) is 11.3 Å². The lowest BCUT2D eigenvalue weighted by atomic mass is 10.1. The Hall–Kier alpha value is -2.10. The number of likely N-dealkylation sites (tertiary alicyclic amines) is 1. The second kappa shape index (κ2) is 6.34. The number of aromatic amines is 1. The summed E-state index contributed by atoms with van der Waals surface area (Å²) >= 11 is 0. The van der Waals surface area contributed by atoms with Gasteiger partial charge in [0.05, 0.1) is 5.69 Å². The van der Waals surface area contributed by atoms with Crippen LogP contribution < -0.4 is 0 Å². The minimum Gasteiger partial charge on any atom is -0.334 e. The lowest BCUT2D eigenvalue weighted by Crippen LogP contribution is -2.40. The van der Waals surface area contributed by atoms with Crippen LogP contribution in [0.3, 0.4) is 0 Å². The largest absolute Gasteiger partial charge is 0.334 e. The third kappa shape index (κ3) is 3.06. The quantitative estimate of drug-likeness (QED) is 0.918. The highest BCUT2D eigenvalue weighted by molar-refractivity contribution is 5.93. The summed E-state index contributed by atoms with van der Waals surface area (Å²) in [5, 5.41) is 7.21. The number of nitrogens with one attached hydrogen (secondary N) is 1. The van der Waals surface area contributed by atoms with Gasteiger partial charge >= 0.3 is 0 Å². The molecule has 2 aromatic rings. The molecule has 0 unspecified atom stereocenters. The SMILES string of the molecule is C[C@@H]1CCC[C@@H](C)N(C(=O)c2cc(-c3ccccc3)n[nH]2)C1. The highest BCUT2D eigenvalue weighted by Crippen LogP contribution is 2.23. The van der Waals surface area contributed by atoms with E-state index >= 15 is 0 Å². The van der Waals surface area contributed by atoms with Crippen LogP contribution in [0.4, 0.5) is 0 Å². The molecule has 1 aromatic heterocycles. The van der Waals surface area contributed by atoms with Crippen molar-refractivity contribution in [1.29, 1.82) is 0 Å². The van der Waals surface area contributed by atoms with Gasteiger partial charge in [0.25, 0.3) is 5.91 Å². The van der Waals surface area contributed by atoms with Gasteiger partial charge in [0.2, 0.25) is 0 Å². The fraction of sp³-hybridized carbons (Fsp3) is 0.444. The van der Waals surface area contributed by atoms with Gasteiger partial charge in [0.1, 0.15) is 5.69 Å². The van der Waals surface area contributed by atoms with E-state index < -0.39 is 0 Å². The zero-order chi connectivity index (χ0) is 15.5. The topological polar surface area (TPSA) is 49.0 Å². The van der Waals surface area contributed by atoms with Gasteiger partial charge in [-0.1, -0.05) is 43.7 Å². The molecule has 4 nitrogen and oxygen atoms in total. The van der Waals surface area contributed by atoms with E-state index in [9.17, 15) is 4.79 Å². The van der Waals surface area contributed by atoms with Gasteiger partial charge in [-0.25, -0.2) is 0 Å². The lowest BCUT2D eigenvalue weighted by molar-refractivity contribution is 0.0671. The summed E-state index contributed by atoms with van der Waals surface area (Å²) in [6.45, 7) is 5.20. The second-order valence-corrected chi connectivity index (χ2v) is 6.38. The fourth-order valence-corrected chi connectivity index (χ4v) is 3.15. The molecule has 0 spiro atoms. The summed E-state index contributed by atoms with van der Waals surface area (Å²) < 4.78 is 0. The summed E-state index contributed by atoms with van der Waals surface area (Å²) in [5.41, 5.74) is 2.43. The maximum absolute atomic E-state index is 12.8. The summed E-state index contributed by atoms with van der Waals surface area (Å²) in [5.74, 6) is 0.626. The molecule has 1 fully saturated rings. The van der Waals surface area contributed by atoms with E-state index in [4.69, 9.17) is 0 Å². The summed E-state index contributed by atoms with van der Waals surface area (Å²) in [4.78, 5) is 14.8. The van der Waals surface area contributed by atoms with Crippen molar-refractivity contribution < 1.29 is 4.79 Å². The summed E-state index contributed by atoms with van der Waals surface area (Å²) in [6.07, 6.45) is 3.48. The van der Waals surface area contributed by atoms with Crippen LogP contribution in [-0.2, 0) is 0 Å². The van der Waals surface area contributed by atoms with Gasteiger partial charge < -0.3 is 4.90 Å². The number of aromatic nitrogens is 2. The van der Waals surface area contributed by atoms with Crippen molar-refractivity contribution in [2.24, 2.45) is 5.92 Å². The number of hydrogen-bond acceptors (Lipinski definition) is 2. The molecule has 1 aliphatic rings. The number of H-pyrrole nitrogens is 1. The third-order valence-corrected chi connectivity index (χ3v) is 4.50. The molecule has 1 saturated heterocycles. The van der Waals surface area contributed by atoms with Gasteiger partial charge in [-0.05, 0) is 31.7 Å². The average molecular weight is 297 g/mol. The predicted octanol–water partition coefficient (Wildman–Crippen LogP) is 3.73. The van der Waals surface area contributed by atoms with Crippen molar-refractivity contribution in [3.05, 3.63) is 42.1 Å². The van der Waals surface area contributed by atoms with Crippen molar-refractivity contribution in [2.75, 3.05) is 6.54 Å². The van der Waals surface area contributed by atoms with E-state index in [-0.39, 0.29) is 5.91 Å². The van der Waals surface area contributed by atoms with Gasteiger partial charge in [-0.3, -0.25) is 9.89 Å². The predicted molar refractivity (Wildman–Crippen MR) is 87.5 cm³/mol. The molecule has 3 rings (SSSR count). The number of amides is 1. The molecule has 1 amide bonds. The Kier molecular flexibility index (Phi) is 4.27. The summed E-state index contributed by atoms with van der Waals surface area (Å²) in [7, 11) is 0. The van der Waals surface area contributed by atoms with Crippen LogP contribution in [-0.4, -0.2) is 33.6 Å². The van der Waals surface area contributed by atoms with Crippen molar-refractivity contribution >= 4 is 5.91 Å². The molecule has 4 heteroatoms. The van der Waals surface area contributed by atoms with Crippen molar-refractivity contribution in [1.82, 2.24) is 15.1 Å². The molecular weight excluding hydrogens is 274 g/mol. The third-order valence-electron chi connectivity index (χ3n) is 4.50. The van der Waals surface area contributed by atoms with Crippen molar-refractivity contribution in [2.45, 2.75) is 39.2 Å². The van der Waals surface area contributed by atoms with Crippen LogP contribution in [0.1, 0.15) is 43.6 Å². The summed E-state index contributed by atoms with van der Waals surface area (Å²) in [6, 6.07) is 12.1. The smallest absolute Gasteiger partial charge is 0.272 e. The highest BCUT2D eigenvalue weighted by atomic mass is 16.2. The standard InChI is InChI=1S/C18H23N3O/c1-13-7-6-8-14(2)21(12-13)18(22)17-11-16(19-20-17)15-9-4-3-5-10-15/h3-5,9-11,13-14H,6-8,12H2,1-2H3,(H,19,20)/t13-,14-/m1/s1. The Balaban J connectivity index is 1.81. The Morgan fingerprint density at radius 3 is 2.77 bits per heavy atom. The zero-order valence-electron chi connectivity index (χ0n) is 13.2. The minimum absolute atomic E-state index is 0.0657. The molecule has 1 aliphatic heterocycles. The van der Waals surface area contributed by atoms with E-state index in [1.54, 1.807) is 0 Å². The van der Waals surface area contributed by atoms with E-state index in [0.717, 1.165) is 24.2 Å². The lowest BCUT2D eigenvalue weighted by Gasteiger charge is -2.28. The van der Waals surface area contributed by atoms with Crippen LogP contribution in [0.15, 0.2) is 36.4 Å². The monoisotopic (exact) mass is 297 g/mol.